The molecule has 2 N–H and O–H groups in total. The first-order valence-electron chi connectivity index (χ1n) is 8.23. The number of rotatable bonds is 5. The van der Waals surface area contributed by atoms with Crippen molar-refractivity contribution in [3.05, 3.63) is 47.5 Å². The Labute approximate surface area is 131 Å². The molecule has 1 saturated carbocycles. The summed E-state index contributed by atoms with van der Waals surface area (Å²) in [7, 11) is 0. The van der Waals surface area contributed by atoms with E-state index in [1.54, 1.807) is 0 Å². The van der Waals surface area contributed by atoms with Crippen LogP contribution in [0.2, 0.25) is 0 Å². The van der Waals surface area contributed by atoms with Gasteiger partial charge >= 0.3 is 0 Å². The summed E-state index contributed by atoms with van der Waals surface area (Å²) in [5.74, 6) is 1.71. The number of hydrogen-bond donors (Lipinski definition) is 2. The van der Waals surface area contributed by atoms with Gasteiger partial charge in [0.25, 0.3) is 0 Å². The monoisotopic (exact) mass is 297 g/mol. The molecule has 22 heavy (non-hydrogen) atoms. The highest BCUT2D eigenvalue weighted by Gasteiger charge is 2.35. The maximum absolute atomic E-state index is 4.55. The molecule has 1 aliphatic heterocycles. The van der Waals surface area contributed by atoms with E-state index in [0.29, 0.717) is 6.04 Å². The van der Waals surface area contributed by atoms with Crippen LogP contribution in [0.1, 0.15) is 42.5 Å². The number of aromatic amines is 1. The molecule has 0 radical (unpaired) electrons. The van der Waals surface area contributed by atoms with Crippen molar-refractivity contribution in [1.82, 2.24) is 25.4 Å². The second kappa shape index (κ2) is 5.82. The fourth-order valence-electron chi connectivity index (χ4n) is 3.38. The van der Waals surface area contributed by atoms with Gasteiger partial charge in [0.15, 0.2) is 5.82 Å². The minimum absolute atomic E-state index is 0.0651. The Balaban J connectivity index is 1.52. The minimum Gasteiger partial charge on any atom is -0.299 e. The summed E-state index contributed by atoms with van der Waals surface area (Å²) in [5.41, 5.74) is 1.23. The van der Waals surface area contributed by atoms with Crippen molar-refractivity contribution in [3.63, 3.8) is 0 Å². The third-order valence-electron chi connectivity index (χ3n) is 4.69. The molecule has 5 heteroatoms. The molecule has 4 rings (SSSR count). The van der Waals surface area contributed by atoms with Crippen LogP contribution in [0.4, 0.5) is 0 Å². The second-order valence-electron chi connectivity index (χ2n) is 6.50. The van der Waals surface area contributed by atoms with Gasteiger partial charge in [0.05, 0.1) is 6.04 Å². The molecule has 0 bridgehead atoms. The summed E-state index contributed by atoms with van der Waals surface area (Å²) >= 11 is 0. The molecule has 2 aromatic rings. The molecule has 2 unspecified atom stereocenters. The average Bonchev–Trinajstić information content (AvgIpc) is 3.14. The Bertz CT molecular complexity index is 619. The Kier molecular flexibility index (Phi) is 3.68. The summed E-state index contributed by atoms with van der Waals surface area (Å²) in [6.45, 7) is 4.32. The van der Waals surface area contributed by atoms with E-state index < -0.39 is 0 Å². The highest BCUT2D eigenvalue weighted by Crippen LogP contribution is 2.31. The summed E-state index contributed by atoms with van der Waals surface area (Å²) < 4.78 is 0. The number of nitrogens with one attached hydrogen (secondary N) is 2. The Morgan fingerprint density at radius 2 is 2.05 bits per heavy atom. The second-order valence-corrected chi connectivity index (χ2v) is 6.50. The summed E-state index contributed by atoms with van der Waals surface area (Å²) in [6.07, 6.45) is 3.98. The number of nitrogens with zero attached hydrogens (tertiary/aromatic N) is 3. The van der Waals surface area contributed by atoms with Crippen LogP contribution in [0.25, 0.3) is 0 Å². The van der Waals surface area contributed by atoms with E-state index >= 15 is 0 Å². The molecule has 0 amide bonds. The fourth-order valence-corrected chi connectivity index (χ4v) is 3.38. The van der Waals surface area contributed by atoms with Crippen LogP contribution in [0.3, 0.4) is 0 Å². The molecule has 1 aromatic heterocycles. The quantitative estimate of drug-likeness (QED) is 0.886. The van der Waals surface area contributed by atoms with Gasteiger partial charge in [0.1, 0.15) is 5.82 Å². The van der Waals surface area contributed by atoms with E-state index in [4.69, 9.17) is 0 Å². The van der Waals surface area contributed by atoms with Crippen LogP contribution in [-0.2, 0) is 0 Å². The van der Waals surface area contributed by atoms with Crippen LogP contribution >= 0.6 is 0 Å². The van der Waals surface area contributed by atoms with Crippen LogP contribution in [0.15, 0.2) is 30.3 Å². The van der Waals surface area contributed by atoms with E-state index in [9.17, 15) is 0 Å². The molecule has 5 nitrogen and oxygen atoms in total. The number of H-pyrrole nitrogens is 1. The standard InChI is InChI=1S/C17H23N5/c1-12-18-17(21-20-12)16(13-5-3-2-4-6-13)19-14-9-10-22(11-14)15-7-8-15/h2-6,14-16,19H,7-11H2,1H3,(H,18,20,21). The third-order valence-corrected chi connectivity index (χ3v) is 4.69. The Morgan fingerprint density at radius 1 is 1.23 bits per heavy atom. The third kappa shape index (κ3) is 2.91. The summed E-state index contributed by atoms with van der Waals surface area (Å²) in [5, 5.41) is 11.1. The Morgan fingerprint density at radius 3 is 2.73 bits per heavy atom. The normalized spacial score (nSPS) is 23.8. The van der Waals surface area contributed by atoms with Crippen LogP contribution in [0, 0.1) is 6.92 Å². The molecule has 0 spiro atoms. The van der Waals surface area contributed by atoms with Gasteiger partial charge in [-0.25, -0.2) is 4.98 Å². The molecular weight excluding hydrogens is 274 g/mol. The SMILES string of the molecule is Cc1nc(C(NC2CCN(C3CC3)C2)c2ccccc2)n[nH]1. The first-order chi connectivity index (χ1) is 10.8. The first-order valence-corrected chi connectivity index (χ1v) is 8.23. The lowest BCUT2D eigenvalue weighted by Crippen LogP contribution is -2.36. The largest absolute Gasteiger partial charge is 0.299 e. The van der Waals surface area contributed by atoms with Gasteiger partial charge in [-0.2, -0.15) is 5.10 Å². The zero-order valence-electron chi connectivity index (χ0n) is 13.0. The molecule has 2 fully saturated rings. The van der Waals surface area contributed by atoms with Gasteiger partial charge < -0.3 is 0 Å². The summed E-state index contributed by atoms with van der Waals surface area (Å²) in [6, 6.07) is 11.9. The van der Waals surface area contributed by atoms with Crippen LogP contribution < -0.4 is 5.32 Å². The Hall–Kier alpha value is -1.72. The van der Waals surface area contributed by atoms with Crippen molar-refractivity contribution >= 4 is 0 Å². The van der Waals surface area contributed by atoms with E-state index in [-0.39, 0.29) is 6.04 Å². The molecule has 2 heterocycles. The van der Waals surface area contributed by atoms with E-state index in [0.717, 1.165) is 24.2 Å². The van der Waals surface area contributed by atoms with Crippen molar-refractivity contribution in [3.8, 4) is 0 Å². The lowest BCUT2D eigenvalue weighted by atomic mass is 10.0. The number of likely N-dealkylation sites (tertiary alicyclic amines) is 1. The number of aryl methyl sites for hydroxylation is 1. The van der Waals surface area contributed by atoms with Crippen LogP contribution in [-0.4, -0.2) is 45.3 Å². The van der Waals surface area contributed by atoms with Crippen molar-refractivity contribution in [2.75, 3.05) is 13.1 Å². The van der Waals surface area contributed by atoms with Gasteiger partial charge in [-0.3, -0.25) is 15.3 Å². The number of hydrogen-bond acceptors (Lipinski definition) is 4. The first kappa shape index (κ1) is 13.9. The van der Waals surface area contributed by atoms with Crippen molar-refractivity contribution in [2.24, 2.45) is 0 Å². The zero-order chi connectivity index (χ0) is 14.9. The highest BCUT2D eigenvalue weighted by atomic mass is 15.3. The van der Waals surface area contributed by atoms with Crippen LogP contribution in [0.5, 0.6) is 0 Å². The molecule has 1 aliphatic carbocycles. The van der Waals surface area contributed by atoms with Gasteiger partial charge in [0.2, 0.25) is 0 Å². The fraction of sp³-hybridized carbons (Fsp3) is 0.529. The number of aromatic nitrogens is 3. The maximum atomic E-state index is 4.55. The summed E-state index contributed by atoms with van der Waals surface area (Å²) in [4.78, 5) is 7.18. The van der Waals surface area contributed by atoms with Gasteiger partial charge in [0, 0.05) is 25.2 Å². The zero-order valence-corrected chi connectivity index (χ0v) is 13.0. The van der Waals surface area contributed by atoms with Crippen molar-refractivity contribution in [1.29, 1.82) is 0 Å². The van der Waals surface area contributed by atoms with E-state index in [1.165, 1.54) is 31.4 Å². The predicted octanol–water partition coefficient (Wildman–Crippen LogP) is 2.03. The van der Waals surface area contributed by atoms with Gasteiger partial charge in [-0.05, 0) is 31.7 Å². The molecule has 2 aliphatic rings. The molecule has 1 aromatic carbocycles. The van der Waals surface area contributed by atoms with Crippen molar-refractivity contribution < 1.29 is 0 Å². The topological polar surface area (TPSA) is 56.8 Å². The number of benzene rings is 1. The molecular formula is C17H23N5. The predicted molar refractivity (Wildman–Crippen MR) is 85.5 cm³/mol. The van der Waals surface area contributed by atoms with E-state index in [2.05, 4.69) is 49.7 Å². The van der Waals surface area contributed by atoms with E-state index in [1.807, 2.05) is 13.0 Å². The highest BCUT2D eigenvalue weighted by molar-refractivity contribution is 5.25. The molecule has 2 atom stereocenters. The molecule has 1 saturated heterocycles. The van der Waals surface area contributed by atoms with Gasteiger partial charge in [-0.1, -0.05) is 30.3 Å². The maximum Gasteiger partial charge on any atom is 0.172 e. The lowest BCUT2D eigenvalue weighted by molar-refractivity contribution is 0.314. The lowest BCUT2D eigenvalue weighted by Gasteiger charge is -2.22. The van der Waals surface area contributed by atoms with Crippen molar-refractivity contribution in [2.45, 2.75) is 44.3 Å². The average molecular weight is 297 g/mol. The van der Waals surface area contributed by atoms with Gasteiger partial charge in [-0.15, -0.1) is 0 Å². The minimum atomic E-state index is 0.0651. The molecule has 116 valence electrons. The smallest absolute Gasteiger partial charge is 0.172 e.